The monoisotopic (exact) mass is 337 g/mol. The molecule has 0 amide bonds. The van der Waals surface area contributed by atoms with Crippen LogP contribution < -0.4 is 0 Å². The maximum Gasteiger partial charge on any atom is 0.124 e. The standard InChI is InChI=1S/C20H29ClFN/c1-23(18-4-2-3-5-18)13-12-15-6-8-16(9-7-15)19-11-10-17(22)14-20(19)21/h10-11,14-16,18H,2-9,12-13H2,1H3. The van der Waals surface area contributed by atoms with E-state index >= 15 is 0 Å². The van der Waals surface area contributed by atoms with Crippen LogP contribution in [0.1, 0.15) is 69.3 Å². The number of rotatable bonds is 5. The van der Waals surface area contributed by atoms with Crippen LogP contribution in [-0.2, 0) is 0 Å². The molecule has 0 N–H and O–H groups in total. The predicted molar refractivity (Wildman–Crippen MR) is 95.6 cm³/mol. The summed E-state index contributed by atoms with van der Waals surface area (Å²) in [5.74, 6) is 1.14. The molecule has 128 valence electrons. The molecule has 0 heterocycles. The molecular weight excluding hydrogens is 309 g/mol. The molecule has 2 saturated carbocycles. The van der Waals surface area contributed by atoms with E-state index in [-0.39, 0.29) is 5.82 Å². The number of halogens is 2. The molecule has 0 radical (unpaired) electrons. The van der Waals surface area contributed by atoms with Gasteiger partial charge in [0.05, 0.1) is 0 Å². The van der Waals surface area contributed by atoms with Crippen LogP contribution >= 0.6 is 11.6 Å². The van der Waals surface area contributed by atoms with E-state index in [0.717, 1.165) is 17.5 Å². The van der Waals surface area contributed by atoms with E-state index < -0.39 is 0 Å². The van der Waals surface area contributed by atoms with Crippen molar-refractivity contribution in [1.82, 2.24) is 4.90 Å². The first-order chi connectivity index (χ1) is 11.1. The first-order valence-electron chi connectivity index (χ1n) is 9.28. The third-order valence-corrected chi connectivity index (χ3v) is 6.41. The maximum absolute atomic E-state index is 13.2. The zero-order chi connectivity index (χ0) is 16.2. The summed E-state index contributed by atoms with van der Waals surface area (Å²) in [6.07, 6.45) is 11.9. The maximum atomic E-state index is 13.2. The van der Waals surface area contributed by atoms with Crippen molar-refractivity contribution in [1.29, 1.82) is 0 Å². The molecular formula is C20H29ClFN. The Hall–Kier alpha value is -0.600. The number of benzene rings is 1. The molecule has 1 aromatic rings. The van der Waals surface area contributed by atoms with Crippen LogP contribution in [0.5, 0.6) is 0 Å². The minimum atomic E-state index is -0.234. The first kappa shape index (κ1) is 17.2. The predicted octanol–water partition coefficient (Wildman–Crippen LogP) is 6.02. The molecule has 2 aliphatic rings. The average Bonchev–Trinajstić information content (AvgIpc) is 3.08. The number of hydrogen-bond acceptors (Lipinski definition) is 1. The van der Waals surface area contributed by atoms with Gasteiger partial charge in [-0.15, -0.1) is 0 Å². The quantitative estimate of drug-likeness (QED) is 0.635. The van der Waals surface area contributed by atoms with Crippen molar-refractivity contribution in [3.63, 3.8) is 0 Å². The summed E-state index contributed by atoms with van der Waals surface area (Å²) in [4.78, 5) is 2.59. The third kappa shape index (κ3) is 4.48. The molecule has 0 spiro atoms. The van der Waals surface area contributed by atoms with E-state index in [9.17, 15) is 4.39 Å². The molecule has 0 bridgehead atoms. The summed E-state index contributed by atoms with van der Waals surface area (Å²) >= 11 is 6.23. The summed E-state index contributed by atoms with van der Waals surface area (Å²) in [7, 11) is 2.31. The zero-order valence-corrected chi connectivity index (χ0v) is 15.0. The Morgan fingerprint density at radius 2 is 1.78 bits per heavy atom. The highest BCUT2D eigenvalue weighted by atomic mass is 35.5. The van der Waals surface area contributed by atoms with Crippen LogP contribution in [-0.4, -0.2) is 24.5 Å². The Morgan fingerprint density at radius 3 is 2.43 bits per heavy atom. The molecule has 0 aromatic heterocycles. The Bertz CT molecular complexity index is 504. The fraction of sp³-hybridized carbons (Fsp3) is 0.700. The van der Waals surface area contributed by atoms with Crippen molar-refractivity contribution in [3.05, 3.63) is 34.6 Å². The van der Waals surface area contributed by atoms with E-state index in [2.05, 4.69) is 11.9 Å². The van der Waals surface area contributed by atoms with Gasteiger partial charge in [0.15, 0.2) is 0 Å². The van der Waals surface area contributed by atoms with Gasteiger partial charge in [-0.25, -0.2) is 4.39 Å². The summed E-state index contributed by atoms with van der Waals surface area (Å²) in [6, 6.07) is 5.73. The molecule has 1 nitrogen and oxygen atoms in total. The van der Waals surface area contributed by atoms with Crippen LogP contribution in [0.3, 0.4) is 0 Å². The fourth-order valence-corrected chi connectivity index (χ4v) is 4.83. The summed E-state index contributed by atoms with van der Waals surface area (Å²) < 4.78 is 13.2. The molecule has 3 rings (SSSR count). The molecule has 1 aromatic carbocycles. The van der Waals surface area contributed by atoms with Gasteiger partial charge in [0, 0.05) is 11.1 Å². The van der Waals surface area contributed by atoms with Crippen molar-refractivity contribution in [2.45, 2.75) is 69.7 Å². The van der Waals surface area contributed by atoms with Crippen molar-refractivity contribution < 1.29 is 4.39 Å². The van der Waals surface area contributed by atoms with Gasteiger partial charge in [-0.2, -0.15) is 0 Å². The molecule has 2 aliphatic carbocycles. The average molecular weight is 338 g/mol. The van der Waals surface area contributed by atoms with Gasteiger partial charge < -0.3 is 4.90 Å². The Labute approximate surface area is 145 Å². The molecule has 0 aliphatic heterocycles. The minimum Gasteiger partial charge on any atom is -0.303 e. The lowest BCUT2D eigenvalue weighted by Gasteiger charge is -2.31. The SMILES string of the molecule is CN(CCC1CCC(c2ccc(F)cc2Cl)CC1)C1CCCC1. The van der Waals surface area contributed by atoms with E-state index in [1.54, 1.807) is 6.07 Å². The van der Waals surface area contributed by atoms with Gasteiger partial charge in [0.25, 0.3) is 0 Å². The lowest BCUT2D eigenvalue weighted by Crippen LogP contribution is -2.31. The van der Waals surface area contributed by atoms with Crippen LogP contribution in [0.25, 0.3) is 0 Å². The minimum absolute atomic E-state index is 0.234. The fourth-order valence-electron chi connectivity index (χ4n) is 4.51. The van der Waals surface area contributed by atoms with Crippen LogP contribution in [0.4, 0.5) is 4.39 Å². The highest BCUT2D eigenvalue weighted by Crippen LogP contribution is 2.39. The topological polar surface area (TPSA) is 3.24 Å². The van der Waals surface area contributed by atoms with Crippen LogP contribution in [0.2, 0.25) is 5.02 Å². The van der Waals surface area contributed by atoms with Gasteiger partial charge in [-0.3, -0.25) is 0 Å². The normalized spacial score (nSPS) is 26.1. The summed E-state index contributed by atoms with van der Waals surface area (Å²) in [6.45, 7) is 1.25. The van der Waals surface area contributed by atoms with Gasteiger partial charge in [-0.1, -0.05) is 30.5 Å². The second-order valence-corrected chi connectivity index (χ2v) is 8.00. The molecule has 0 saturated heterocycles. The summed E-state index contributed by atoms with van der Waals surface area (Å²) in [5.41, 5.74) is 1.15. The van der Waals surface area contributed by atoms with Crippen molar-refractivity contribution in [2.75, 3.05) is 13.6 Å². The Morgan fingerprint density at radius 1 is 1.09 bits per heavy atom. The Kier molecular flexibility index (Phi) is 5.98. The van der Waals surface area contributed by atoms with Crippen molar-refractivity contribution in [3.8, 4) is 0 Å². The third-order valence-electron chi connectivity index (χ3n) is 6.09. The summed E-state index contributed by atoms with van der Waals surface area (Å²) in [5, 5.41) is 0.606. The van der Waals surface area contributed by atoms with Gasteiger partial charge >= 0.3 is 0 Å². The zero-order valence-electron chi connectivity index (χ0n) is 14.2. The molecule has 0 atom stereocenters. The highest BCUT2D eigenvalue weighted by Gasteiger charge is 2.25. The largest absolute Gasteiger partial charge is 0.303 e. The van der Waals surface area contributed by atoms with E-state index in [4.69, 9.17) is 11.6 Å². The van der Waals surface area contributed by atoms with Crippen molar-refractivity contribution >= 4 is 11.6 Å². The second-order valence-electron chi connectivity index (χ2n) is 7.59. The lowest BCUT2D eigenvalue weighted by atomic mass is 9.77. The van der Waals surface area contributed by atoms with Gasteiger partial charge in [-0.05, 0) is 88.1 Å². The van der Waals surface area contributed by atoms with E-state index in [1.165, 1.54) is 70.4 Å². The van der Waals surface area contributed by atoms with E-state index in [0.29, 0.717) is 10.9 Å². The lowest BCUT2D eigenvalue weighted by molar-refractivity contribution is 0.208. The molecule has 3 heteroatoms. The smallest absolute Gasteiger partial charge is 0.124 e. The highest BCUT2D eigenvalue weighted by molar-refractivity contribution is 6.31. The van der Waals surface area contributed by atoms with E-state index in [1.807, 2.05) is 6.07 Å². The molecule has 0 unspecified atom stereocenters. The molecule has 23 heavy (non-hydrogen) atoms. The first-order valence-corrected chi connectivity index (χ1v) is 9.66. The van der Waals surface area contributed by atoms with Crippen LogP contribution in [0.15, 0.2) is 18.2 Å². The Balaban J connectivity index is 1.44. The van der Waals surface area contributed by atoms with Crippen LogP contribution in [0, 0.1) is 11.7 Å². The van der Waals surface area contributed by atoms with Crippen molar-refractivity contribution in [2.24, 2.45) is 5.92 Å². The van der Waals surface area contributed by atoms with Gasteiger partial charge in [0.2, 0.25) is 0 Å². The van der Waals surface area contributed by atoms with Gasteiger partial charge in [0.1, 0.15) is 5.82 Å². The number of hydrogen-bond donors (Lipinski definition) is 0. The second kappa shape index (κ2) is 7.98. The molecule has 2 fully saturated rings. The number of nitrogens with zero attached hydrogens (tertiary/aromatic N) is 1.